The van der Waals surface area contributed by atoms with Crippen LogP contribution in [0.1, 0.15) is 18.1 Å². The van der Waals surface area contributed by atoms with Crippen molar-refractivity contribution in [1.82, 2.24) is 30.8 Å². The molecule has 0 spiro atoms. The summed E-state index contributed by atoms with van der Waals surface area (Å²) in [4.78, 5) is 17.4. The van der Waals surface area contributed by atoms with E-state index in [1.807, 2.05) is 84.9 Å². The minimum absolute atomic E-state index is 0. The number of benzene rings is 6. The van der Waals surface area contributed by atoms with E-state index < -0.39 is 0 Å². The van der Waals surface area contributed by atoms with Gasteiger partial charge in [-0.05, 0) is 89.3 Å². The molecule has 2 radical (unpaired) electrons. The molecule has 0 fully saturated rings. The Kier molecular flexibility index (Phi) is 20.9. The van der Waals surface area contributed by atoms with Gasteiger partial charge in [0.1, 0.15) is 11.5 Å². The molecule has 9 N–H and O–H groups in total. The van der Waals surface area contributed by atoms with E-state index in [9.17, 15) is 10.2 Å². The Morgan fingerprint density at radius 1 is 0.478 bits per heavy atom. The Labute approximate surface area is 417 Å². The van der Waals surface area contributed by atoms with E-state index in [1.54, 1.807) is 43.8 Å². The number of hydrogen-bond donors (Lipinski definition) is 7. The fourth-order valence-electron chi connectivity index (χ4n) is 6.52. The normalized spacial score (nSPS) is 10.3. The van der Waals surface area contributed by atoms with E-state index in [-0.39, 0.29) is 61.9 Å². The van der Waals surface area contributed by atoms with Crippen molar-refractivity contribution in [2.75, 3.05) is 6.61 Å². The average molecular weight is 1010 g/mol. The molecule has 0 unspecified atom stereocenters. The Morgan fingerprint density at radius 2 is 0.746 bits per heavy atom. The monoisotopic (exact) mass is 1010 g/mol. The van der Waals surface area contributed by atoms with Crippen LogP contribution in [-0.4, -0.2) is 64.5 Å². The van der Waals surface area contributed by atoms with Gasteiger partial charge in [0.25, 0.3) is 0 Å². The third-order valence-corrected chi connectivity index (χ3v) is 9.50. The second kappa shape index (κ2) is 26.7. The first-order valence-electron chi connectivity index (χ1n) is 20.0. The molecule has 4 heterocycles. The van der Waals surface area contributed by atoms with Crippen LogP contribution in [0.25, 0.3) is 65.2 Å². The van der Waals surface area contributed by atoms with Gasteiger partial charge in [0.05, 0.1) is 34.5 Å². The van der Waals surface area contributed by atoms with Crippen molar-refractivity contribution in [3.8, 4) is 11.5 Å². The maximum Gasteiger partial charge on any atom is 2.00 e. The summed E-state index contributed by atoms with van der Waals surface area (Å²) in [5.41, 5.74) is 20.6. The number of nitrogens with zero attached hydrogens (tertiary/aromatic N) is 6. The number of nitrogens with two attached hydrogens (primary N) is 2. The van der Waals surface area contributed by atoms with E-state index >= 15 is 0 Å². The Balaban J connectivity index is 0.000000190. The molecule has 6 aromatic carbocycles. The van der Waals surface area contributed by atoms with Crippen LogP contribution >= 0.6 is 24.4 Å². The van der Waals surface area contributed by atoms with E-state index in [2.05, 4.69) is 114 Å². The number of pyridine rings is 4. The summed E-state index contributed by atoms with van der Waals surface area (Å²) in [6.07, 6.45) is 10.2. The number of hydrazone groups is 2. The summed E-state index contributed by atoms with van der Waals surface area (Å²) in [6, 6.07) is 46.7. The van der Waals surface area contributed by atoms with E-state index in [4.69, 9.17) is 16.6 Å². The number of phenolic OH excluding ortho intramolecular Hbond substituents is 2. The largest absolute Gasteiger partial charge is 2.00 e. The Hall–Kier alpha value is -7.23. The van der Waals surface area contributed by atoms with Gasteiger partial charge < -0.3 is 26.8 Å². The van der Waals surface area contributed by atoms with Gasteiger partial charge in [0, 0.05) is 64.1 Å². The molecule has 10 rings (SSSR count). The van der Waals surface area contributed by atoms with Crippen molar-refractivity contribution >= 4 is 112 Å². The first kappa shape index (κ1) is 52.4. The van der Waals surface area contributed by atoms with Crippen LogP contribution in [0.3, 0.4) is 0 Å². The molecule has 0 amide bonds. The second-order valence-corrected chi connectivity index (χ2v) is 14.5. The zero-order chi connectivity index (χ0) is 46.0. The number of aromatic nitrogens is 4. The molecule has 0 bridgehead atoms. The first-order valence-corrected chi connectivity index (χ1v) is 20.9. The zero-order valence-corrected chi connectivity index (χ0v) is 39.4. The molecule has 0 aliphatic carbocycles. The number of hydrogen-bond acceptors (Lipinski definition) is 11. The number of thiocarbonyl (C=S) groups is 2. The van der Waals surface area contributed by atoms with Crippen molar-refractivity contribution in [2.45, 2.75) is 6.92 Å². The maximum atomic E-state index is 9.79. The van der Waals surface area contributed by atoms with Crippen LogP contribution in [0.4, 0.5) is 0 Å². The van der Waals surface area contributed by atoms with E-state index in [0.29, 0.717) is 11.1 Å². The quantitative estimate of drug-likeness (QED) is 0.0380. The van der Waals surface area contributed by atoms with Crippen LogP contribution in [0.5, 0.6) is 11.5 Å². The number of aliphatic hydroxyl groups is 1. The van der Waals surface area contributed by atoms with Crippen LogP contribution in [0, 0.1) is 0 Å². The predicted molar refractivity (Wildman–Crippen MR) is 273 cm³/mol. The summed E-state index contributed by atoms with van der Waals surface area (Å²) in [5.74, 6) is 0.328. The van der Waals surface area contributed by atoms with E-state index in [1.165, 1.54) is 12.4 Å². The fourth-order valence-corrected chi connectivity index (χ4v) is 6.63. The molecule has 13 nitrogen and oxygen atoms in total. The smallest absolute Gasteiger partial charge is 0.507 e. The summed E-state index contributed by atoms with van der Waals surface area (Å²) < 4.78 is 0. The van der Waals surface area contributed by atoms with Crippen molar-refractivity contribution in [3.63, 3.8) is 0 Å². The molecular weight excluding hydrogens is 971 g/mol. The number of phenols is 2. The Bertz CT molecular complexity index is 2980. The topological polar surface area (TPSA) is 213 Å². The first-order chi connectivity index (χ1) is 31.7. The van der Waals surface area contributed by atoms with Gasteiger partial charge >= 0.3 is 33.6 Å². The van der Waals surface area contributed by atoms with Gasteiger partial charge in [0.15, 0.2) is 10.2 Å². The molecule has 4 aromatic heterocycles. The molecule has 0 saturated carbocycles. The van der Waals surface area contributed by atoms with Gasteiger partial charge in [-0.15, -0.1) is 0 Å². The number of fused-ring (bicyclic) bond motifs is 8. The summed E-state index contributed by atoms with van der Waals surface area (Å²) in [6.45, 7) is 1.93. The SMILES string of the molecule is CCO.NC(=S)N/N=C/c1c(O)ccc2ccccc12.NC(=S)N/N=C/c1c(O)ccc2ccccc12.[Co+2].[Co+2].c1cnc2c(c1)ccc1cccnc12.c1cnc2c(c1)ccc1cccnc12. The summed E-state index contributed by atoms with van der Waals surface area (Å²) in [5, 5.41) is 43.5. The number of nitrogens with one attached hydrogen (secondary N) is 2. The van der Waals surface area contributed by atoms with Crippen LogP contribution in [0.2, 0.25) is 0 Å². The molecule has 0 saturated heterocycles. The summed E-state index contributed by atoms with van der Waals surface area (Å²) in [7, 11) is 0. The molecule has 338 valence electrons. The number of aliphatic hydroxyl groups excluding tert-OH is 1. The minimum Gasteiger partial charge on any atom is -0.507 e. The van der Waals surface area contributed by atoms with E-state index in [0.717, 1.165) is 65.2 Å². The molecule has 10 aromatic rings. The predicted octanol–water partition coefficient (Wildman–Crippen LogP) is 8.98. The van der Waals surface area contributed by atoms with Gasteiger partial charge in [-0.1, -0.05) is 109 Å². The average Bonchev–Trinajstić information content (AvgIpc) is 3.33. The molecular formula is C50H44Co2N10O3S2+4. The molecule has 0 atom stereocenters. The van der Waals surface area contributed by atoms with Crippen molar-refractivity contribution in [1.29, 1.82) is 0 Å². The van der Waals surface area contributed by atoms with Crippen molar-refractivity contribution in [2.24, 2.45) is 21.7 Å². The maximum absolute atomic E-state index is 9.79. The van der Waals surface area contributed by atoms with Gasteiger partial charge in [-0.25, -0.2) is 0 Å². The van der Waals surface area contributed by atoms with Gasteiger partial charge in [0.2, 0.25) is 0 Å². The van der Waals surface area contributed by atoms with Crippen molar-refractivity contribution < 1.29 is 48.9 Å². The van der Waals surface area contributed by atoms with Crippen LogP contribution in [0.15, 0.2) is 181 Å². The number of rotatable bonds is 4. The van der Waals surface area contributed by atoms with Crippen LogP contribution < -0.4 is 22.3 Å². The standard InChI is InChI=1S/2C12H11N3OS.2C12H8N2.C2H6O.2Co/c2*13-12(17)15-14-7-10-9-4-2-1-3-8(9)5-6-11(10)16;2*1-3-9-5-6-10-4-2-8-14-12(10)11(9)13-7-1;1-2-3;;/h2*1-7,16H,(H3,13,15,17);2*1-8H;3H,2H2,1H3;;/q;;;;;2*+2/b2*14-7+;;;;;. The Morgan fingerprint density at radius 3 is 1.04 bits per heavy atom. The van der Waals surface area contributed by atoms with Gasteiger partial charge in [-0.2, -0.15) is 10.2 Å². The summed E-state index contributed by atoms with van der Waals surface area (Å²) >= 11 is 9.26. The molecule has 0 aliphatic heterocycles. The molecule has 0 aliphatic rings. The minimum atomic E-state index is 0. The zero-order valence-electron chi connectivity index (χ0n) is 35.7. The van der Waals surface area contributed by atoms with Crippen molar-refractivity contribution in [3.05, 3.63) is 182 Å². The van der Waals surface area contributed by atoms with Gasteiger partial charge in [-0.3, -0.25) is 30.8 Å². The fraction of sp³-hybridized carbons (Fsp3) is 0.0400. The third kappa shape index (κ3) is 14.4. The number of aromatic hydroxyl groups is 2. The molecule has 17 heteroatoms. The van der Waals surface area contributed by atoms with Crippen LogP contribution in [-0.2, 0) is 33.6 Å². The third-order valence-electron chi connectivity index (χ3n) is 9.32. The second-order valence-electron chi connectivity index (χ2n) is 13.7. The molecule has 67 heavy (non-hydrogen) atoms.